The first-order chi connectivity index (χ1) is 7.78. The lowest BCUT2D eigenvalue weighted by Crippen LogP contribution is -2.32. The molecule has 5 nitrogen and oxygen atoms in total. The summed E-state index contributed by atoms with van der Waals surface area (Å²) >= 11 is 5.59. The third-order valence-electron chi connectivity index (χ3n) is 2.59. The number of rotatable bonds is 4. The zero-order chi connectivity index (χ0) is 11.4. The van der Waals surface area contributed by atoms with E-state index in [0.717, 1.165) is 19.4 Å². The lowest BCUT2D eigenvalue weighted by Gasteiger charge is -2.27. The second-order valence-electron chi connectivity index (χ2n) is 3.99. The van der Waals surface area contributed by atoms with Gasteiger partial charge in [-0.05, 0) is 19.8 Å². The van der Waals surface area contributed by atoms with Crippen LogP contribution in [0.5, 0.6) is 0 Å². The Morgan fingerprint density at radius 1 is 1.50 bits per heavy atom. The number of aryl methyl sites for hydroxylation is 1. The van der Waals surface area contributed by atoms with E-state index in [1.54, 1.807) is 0 Å². The molecule has 6 heteroatoms. The van der Waals surface area contributed by atoms with E-state index in [-0.39, 0.29) is 6.10 Å². The third kappa shape index (κ3) is 3.09. The van der Waals surface area contributed by atoms with Gasteiger partial charge in [-0.25, -0.2) is 0 Å². The highest BCUT2D eigenvalue weighted by Crippen LogP contribution is 2.17. The number of hydrogen-bond donors (Lipinski definition) is 1. The zero-order valence-corrected chi connectivity index (χ0v) is 10.0. The van der Waals surface area contributed by atoms with E-state index >= 15 is 0 Å². The maximum absolute atomic E-state index is 5.59. The first-order valence-corrected chi connectivity index (χ1v) is 6.08. The Kier molecular flexibility index (Phi) is 4.01. The molecule has 0 radical (unpaired) electrons. The van der Waals surface area contributed by atoms with Crippen LogP contribution in [0.3, 0.4) is 0 Å². The van der Waals surface area contributed by atoms with Gasteiger partial charge in [0, 0.05) is 24.9 Å². The molecule has 1 saturated heterocycles. The number of anilines is 1. The van der Waals surface area contributed by atoms with E-state index in [2.05, 4.69) is 22.4 Å². The second kappa shape index (κ2) is 5.50. The summed E-state index contributed by atoms with van der Waals surface area (Å²) < 4.78 is 10.9. The lowest BCUT2D eigenvalue weighted by molar-refractivity contribution is 0.0229. The largest absolute Gasteiger partial charge is 0.408 e. The van der Waals surface area contributed by atoms with Gasteiger partial charge >= 0.3 is 6.01 Å². The van der Waals surface area contributed by atoms with E-state index in [1.807, 2.05) is 0 Å². The Hall–Kier alpha value is -0.810. The van der Waals surface area contributed by atoms with Crippen molar-refractivity contribution in [3.05, 3.63) is 5.89 Å². The summed E-state index contributed by atoms with van der Waals surface area (Å²) in [7, 11) is 0. The molecule has 1 aromatic rings. The van der Waals surface area contributed by atoms with Crippen molar-refractivity contribution in [2.45, 2.75) is 38.3 Å². The van der Waals surface area contributed by atoms with Gasteiger partial charge < -0.3 is 14.5 Å². The van der Waals surface area contributed by atoms with Crippen LogP contribution in [0.2, 0.25) is 0 Å². The maximum Gasteiger partial charge on any atom is 0.315 e. The fourth-order valence-electron chi connectivity index (χ4n) is 1.80. The molecule has 1 fully saturated rings. The molecule has 2 atom stereocenters. The van der Waals surface area contributed by atoms with Gasteiger partial charge in [0.2, 0.25) is 5.89 Å². The van der Waals surface area contributed by atoms with Gasteiger partial charge in [-0.2, -0.15) is 0 Å². The maximum atomic E-state index is 5.59. The summed E-state index contributed by atoms with van der Waals surface area (Å²) in [5, 5.41) is 11.0. The van der Waals surface area contributed by atoms with Gasteiger partial charge in [0.05, 0.1) is 6.10 Å². The van der Waals surface area contributed by atoms with E-state index in [1.165, 1.54) is 0 Å². The first-order valence-electron chi connectivity index (χ1n) is 5.54. The predicted octanol–water partition coefficient (Wildman–Crippen LogP) is 1.83. The molecule has 1 aromatic heterocycles. The van der Waals surface area contributed by atoms with Crippen molar-refractivity contribution >= 4 is 17.6 Å². The highest BCUT2D eigenvalue weighted by molar-refractivity contribution is 6.17. The van der Waals surface area contributed by atoms with E-state index in [4.69, 9.17) is 20.8 Å². The molecule has 2 heterocycles. The van der Waals surface area contributed by atoms with Gasteiger partial charge in [-0.1, -0.05) is 5.10 Å². The smallest absolute Gasteiger partial charge is 0.315 e. The molecule has 2 unspecified atom stereocenters. The van der Waals surface area contributed by atoms with Crippen molar-refractivity contribution in [2.75, 3.05) is 17.8 Å². The third-order valence-corrected chi connectivity index (χ3v) is 2.78. The minimum Gasteiger partial charge on any atom is -0.408 e. The van der Waals surface area contributed by atoms with Crippen LogP contribution in [0.25, 0.3) is 0 Å². The van der Waals surface area contributed by atoms with Crippen molar-refractivity contribution in [3.63, 3.8) is 0 Å². The lowest BCUT2D eigenvalue weighted by atomic mass is 10.1. The number of halogens is 1. The van der Waals surface area contributed by atoms with Crippen LogP contribution in [0, 0.1) is 0 Å². The van der Waals surface area contributed by atoms with Gasteiger partial charge in [0.25, 0.3) is 0 Å². The van der Waals surface area contributed by atoms with Gasteiger partial charge in [-0.15, -0.1) is 16.7 Å². The highest BCUT2D eigenvalue weighted by Gasteiger charge is 2.20. The summed E-state index contributed by atoms with van der Waals surface area (Å²) in [4.78, 5) is 0. The second-order valence-corrected chi connectivity index (χ2v) is 4.36. The van der Waals surface area contributed by atoms with Crippen LogP contribution in [-0.4, -0.2) is 34.8 Å². The Balaban J connectivity index is 1.87. The first kappa shape index (κ1) is 11.7. The Morgan fingerprint density at radius 2 is 2.38 bits per heavy atom. The molecular formula is C10H16ClN3O2. The van der Waals surface area contributed by atoms with Crippen LogP contribution in [0.15, 0.2) is 4.42 Å². The molecule has 0 saturated carbocycles. The summed E-state index contributed by atoms with van der Waals surface area (Å²) in [6, 6.07) is 0.840. The molecule has 1 aliphatic rings. The molecule has 1 N–H and O–H groups in total. The molecular weight excluding hydrogens is 230 g/mol. The van der Waals surface area contributed by atoms with Crippen molar-refractivity contribution in [1.29, 1.82) is 0 Å². The van der Waals surface area contributed by atoms with Crippen LogP contribution >= 0.6 is 11.6 Å². The molecule has 16 heavy (non-hydrogen) atoms. The number of aromatic nitrogens is 2. The molecule has 1 aliphatic heterocycles. The predicted molar refractivity (Wildman–Crippen MR) is 60.8 cm³/mol. The number of ether oxygens (including phenoxy) is 1. The van der Waals surface area contributed by atoms with E-state index in [9.17, 15) is 0 Å². The fourth-order valence-corrected chi connectivity index (χ4v) is 1.96. The molecule has 0 bridgehead atoms. The summed E-state index contributed by atoms with van der Waals surface area (Å²) in [6.45, 7) is 2.85. The van der Waals surface area contributed by atoms with Gasteiger partial charge in [-0.3, -0.25) is 0 Å². The molecule has 0 spiro atoms. The molecule has 0 amide bonds. The molecule has 0 aromatic carbocycles. The number of hydrogen-bond acceptors (Lipinski definition) is 5. The van der Waals surface area contributed by atoms with Gasteiger partial charge in [0.1, 0.15) is 0 Å². The number of nitrogens with one attached hydrogen (secondary N) is 1. The van der Waals surface area contributed by atoms with Crippen LogP contribution in [0.4, 0.5) is 6.01 Å². The topological polar surface area (TPSA) is 60.2 Å². The minimum atomic E-state index is 0.288. The van der Waals surface area contributed by atoms with Crippen molar-refractivity contribution < 1.29 is 9.15 Å². The quantitative estimate of drug-likeness (QED) is 0.820. The molecule has 0 aliphatic carbocycles. The molecule has 90 valence electrons. The van der Waals surface area contributed by atoms with Crippen LogP contribution in [-0.2, 0) is 11.2 Å². The standard InChI is InChI=1S/C10H16ClN3O2/c1-7-6-8(3-5-15-7)12-10-14-13-9(16-10)2-4-11/h7-8H,2-6H2,1H3,(H,12,14). The number of nitrogens with zero attached hydrogens (tertiary/aromatic N) is 2. The van der Waals surface area contributed by atoms with Gasteiger partial charge in [0.15, 0.2) is 0 Å². The summed E-state index contributed by atoms with van der Waals surface area (Å²) in [5.74, 6) is 1.08. The van der Waals surface area contributed by atoms with E-state index in [0.29, 0.717) is 30.2 Å². The zero-order valence-electron chi connectivity index (χ0n) is 9.28. The normalized spacial score (nSPS) is 25.6. The summed E-state index contributed by atoms with van der Waals surface area (Å²) in [6.07, 6.45) is 2.84. The number of alkyl halides is 1. The Morgan fingerprint density at radius 3 is 3.12 bits per heavy atom. The van der Waals surface area contributed by atoms with Crippen LogP contribution in [0.1, 0.15) is 25.7 Å². The van der Waals surface area contributed by atoms with Crippen LogP contribution < -0.4 is 5.32 Å². The average Bonchev–Trinajstić information content (AvgIpc) is 2.66. The van der Waals surface area contributed by atoms with Crippen molar-refractivity contribution in [2.24, 2.45) is 0 Å². The highest BCUT2D eigenvalue weighted by atomic mass is 35.5. The average molecular weight is 246 g/mol. The summed E-state index contributed by atoms with van der Waals surface area (Å²) in [5.41, 5.74) is 0. The van der Waals surface area contributed by atoms with Crippen molar-refractivity contribution in [3.8, 4) is 0 Å². The Bertz CT molecular complexity index is 332. The fraction of sp³-hybridized carbons (Fsp3) is 0.800. The minimum absolute atomic E-state index is 0.288. The Labute approximate surface area is 99.5 Å². The van der Waals surface area contributed by atoms with Crippen molar-refractivity contribution in [1.82, 2.24) is 10.2 Å². The SMILES string of the molecule is CC1CC(Nc2nnc(CCCl)o2)CCO1. The monoisotopic (exact) mass is 245 g/mol. The molecule has 2 rings (SSSR count). The van der Waals surface area contributed by atoms with E-state index < -0.39 is 0 Å².